The van der Waals surface area contributed by atoms with Crippen LogP contribution in [0.2, 0.25) is 0 Å². The monoisotopic (exact) mass is 352 g/mol. The van der Waals surface area contributed by atoms with Gasteiger partial charge in [-0.05, 0) is 55.3 Å². The highest BCUT2D eigenvalue weighted by molar-refractivity contribution is 5.94. The van der Waals surface area contributed by atoms with Gasteiger partial charge in [0.05, 0.1) is 6.54 Å². The largest absolute Gasteiger partial charge is 0.348 e. The van der Waals surface area contributed by atoms with Gasteiger partial charge in [-0.15, -0.1) is 0 Å². The molecule has 0 saturated carbocycles. The van der Waals surface area contributed by atoms with Crippen LogP contribution in [0.5, 0.6) is 0 Å². The van der Waals surface area contributed by atoms with Crippen LogP contribution in [0.15, 0.2) is 48.5 Å². The summed E-state index contributed by atoms with van der Waals surface area (Å²) in [4.78, 5) is 15.5. The number of fused-ring (bicyclic) bond motifs is 1. The van der Waals surface area contributed by atoms with Gasteiger partial charge in [0, 0.05) is 16.5 Å². The highest BCUT2D eigenvalue weighted by Gasteiger charge is 2.12. The smallest absolute Gasteiger partial charge is 0.275 e. The molecule has 26 heavy (non-hydrogen) atoms. The zero-order valence-corrected chi connectivity index (χ0v) is 15.0. The minimum Gasteiger partial charge on any atom is -0.348 e. The first-order valence-corrected chi connectivity index (χ1v) is 8.80. The lowest BCUT2D eigenvalue weighted by atomic mass is 10.1. The van der Waals surface area contributed by atoms with Crippen LogP contribution in [0.4, 0.5) is 10.2 Å². The maximum absolute atomic E-state index is 12.9. The fourth-order valence-electron chi connectivity index (χ4n) is 2.88. The molecule has 1 heterocycles. The molecule has 0 unspecified atom stereocenters. The summed E-state index contributed by atoms with van der Waals surface area (Å²) in [5, 5.41) is 7.38. The average molecular weight is 352 g/mol. The number of carbonyl (C=O) groups excluding carboxylic acids is 1. The van der Waals surface area contributed by atoms with Gasteiger partial charge in [0.15, 0.2) is 0 Å². The van der Waals surface area contributed by atoms with Crippen molar-refractivity contribution in [3.05, 3.63) is 71.0 Å². The highest BCUT2D eigenvalue weighted by atomic mass is 19.1. The predicted octanol–water partition coefficient (Wildman–Crippen LogP) is 3.51. The van der Waals surface area contributed by atoms with Crippen LogP contribution in [-0.2, 0) is 6.42 Å². The summed E-state index contributed by atoms with van der Waals surface area (Å²) in [5.41, 5.74) is 3.94. The van der Waals surface area contributed by atoms with Gasteiger partial charge in [-0.3, -0.25) is 10.1 Å². The van der Waals surface area contributed by atoms with Crippen molar-refractivity contribution >= 4 is 22.6 Å². The van der Waals surface area contributed by atoms with Gasteiger partial charge in [0.1, 0.15) is 17.9 Å². The number of halogens is 1. The van der Waals surface area contributed by atoms with Crippen molar-refractivity contribution in [3.8, 4) is 0 Å². The minimum absolute atomic E-state index is 0.208. The first kappa shape index (κ1) is 17.9. The summed E-state index contributed by atoms with van der Waals surface area (Å²) < 4.78 is 12.9. The molecule has 0 fully saturated rings. The van der Waals surface area contributed by atoms with Gasteiger partial charge in [-0.25, -0.2) is 9.37 Å². The Bertz CT molecular complexity index is 922. The Labute approximate surface area is 152 Å². The predicted molar refractivity (Wildman–Crippen MR) is 102 cm³/mol. The van der Waals surface area contributed by atoms with Crippen LogP contribution < -0.4 is 15.6 Å². The molecule has 0 bridgehead atoms. The van der Waals surface area contributed by atoms with Crippen molar-refractivity contribution in [3.63, 3.8) is 0 Å². The number of rotatable bonds is 6. The number of nitrogens with one attached hydrogen (secondary N) is 3. The van der Waals surface area contributed by atoms with Crippen LogP contribution in [-0.4, -0.2) is 19.0 Å². The van der Waals surface area contributed by atoms with Crippen molar-refractivity contribution < 1.29 is 14.2 Å². The Hall–Kier alpha value is -2.95. The van der Waals surface area contributed by atoms with Crippen molar-refractivity contribution in [1.82, 2.24) is 5.32 Å². The van der Waals surface area contributed by atoms with E-state index in [9.17, 15) is 9.18 Å². The van der Waals surface area contributed by atoms with E-state index in [-0.39, 0.29) is 11.7 Å². The van der Waals surface area contributed by atoms with Crippen molar-refractivity contribution in [2.24, 2.45) is 0 Å². The molecule has 0 aliphatic rings. The molecule has 1 amide bonds. The molecule has 5 heteroatoms. The van der Waals surface area contributed by atoms with Gasteiger partial charge in [-0.2, -0.15) is 0 Å². The van der Waals surface area contributed by atoms with Crippen molar-refractivity contribution in [2.45, 2.75) is 20.3 Å². The SMILES string of the molecule is CCc1cc2ccc(C)cc2[nH+]c1NCCNC(=O)c1ccc(F)cc1. The number of H-pyrrole nitrogens is 1. The molecule has 0 radical (unpaired) electrons. The summed E-state index contributed by atoms with van der Waals surface area (Å²) in [6.07, 6.45) is 0.907. The fraction of sp³-hybridized carbons (Fsp3) is 0.238. The molecule has 0 saturated heterocycles. The van der Waals surface area contributed by atoms with Gasteiger partial charge >= 0.3 is 0 Å². The fourth-order valence-corrected chi connectivity index (χ4v) is 2.88. The quantitative estimate of drug-likeness (QED) is 0.667. The van der Waals surface area contributed by atoms with E-state index in [0.717, 1.165) is 17.8 Å². The summed E-state index contributed by atoms with van der Waals surface area (Å²) in [6, 6.07) is 14.1. The normalized spacial score (nSPS) is 10.7. The molecule has 0 spiro atoms. The molecule has 2 aromatic carbocycles. The van der Waals surface area contributed by atoms with E-state index in [1.807, 2.05) is 0 Å². The number of pyridine rings is 1. The number of aromatic amines is 1. The zero-order chi connectivity index (χ0) is 18.5. The molecule has 0 aliphatic heterocycles. The number of benzene rings is 2. The van der Waals surface area contributed by atoms with Gasteiger partial charge in [-0.1, -0.05) is 19.1 Å². The first-order valence-electron chi connectivity index (χ1n) is 8.80. The second kappa shape index (κ2) is 7.95. The lowest BCUT2D eigenvalue weighted by Crippen LogP contribution is -2.30. The van der Waals surface area contributed by atoms with E-state index in [1.54, 1.807) is 0 Å². The lowest BCUT2D eigenvalue weighted by Gasteiger charge is -2.08. The van der Waals surface area contributed by atoms with E-state index >= 15 is 0 Å². The Kier molecular flexibility index (Phi) is 5.46. The molecule has 1 aromatic heterocycles. The molecular formula is C21H23FN3O+. The number of aromatic nitrogens is 1. The van der Waals surface area contributed by atoms with E-state index in [4.69, 9.17) is 0 Å². The highest BCUT2D eigenvalue weighted by Crippen LogP contribution is 2.18. The maximum atomic E-state index is 12.9. The summed E-state index contributed by atoms with van der Waals surface area (Å²) >= 11 is 0. The summed E-state index contributed by atoms with van der Waals surface area (Å²) in [7, 11) is 0. The summed E-state index contributed by atoms with van der Waals surface area (Å²) in [5.74, 6) is 0.416. The Balaban J connectivity index is 1.62. The van der Waals surface area contributed by atoms with Crippen LogP contribution in [0, 0.1) is 12.7 Å². The van der Waals surface area contributed by atoms with Gasteiger partial charge in [0.2, 0.25) is 0 Å². The van der Waals surface area contributed by atoms with Gasteiger partial charge < -0.3 is 5.32 Å². The van der Waals surface area contributed by atoms with Gasteiger partial charge in [0.25, 0.3) is 11.7 Å². The molecule has 134 valence electrons. The molecule has 3 N–H and O–H groups in total. The Morgan fingerprint density at radius 2 is 1.85 bits per heavy atom. The first-order chi connectivity index (χ1) is 12.6. The Morgan fingerprint density at radius 3 is 2.58 bits per heavy atom. The van der Waals surface area contributed by atoms with Crippen LogP contribution in [0.25, 0.3) is 10.9 Å². The second-order valence-electron chi connectivity index (χ2n) is 6.30. The minimum atomic E-state index is -0.350. The number of aryl methyl sites for hydroxylation is 2. The average Bonchev–Trinajstić information content (AvgIpc) is 2.64. The molecule has 0 atom stereocenters. The topological polar surface area (TPSA) is 55.3 Å². The van der Waals surface area contributed by atoms with Crippen LogP contribution in [0.1, 0.15) is 28.4 Å². The lowest BCUT2D eigenvalue weighted by molar-refractivity contribution is -0.328. The molecule has 0 aliphatic carbocycles. The maximum Gasteiger partial charge on any atom is 0.275 e. The van der Waals surface area contributed by atoms with Crippen molar-refractivity contribution in [2.75, 3.05) is 18.4 Å². The zero-order valence-electron chi connectivity index (χ0n) is 15.0. The van der Waals surface area contributed by atoms with E-state index in [0.29, 0.717) is 18.7 Å². The Morgan fingerprint density at radius 1 is 1.08 bits per heavy atom. The number of hydrogen-bond donors (Lipinski definition) is 2. The number of amides is 1. The third-order valence-electron chi connectivity index (χ3n) is 4.32. The van der Waals surface area contributed by atoms with Crippen LogP contribution in [0.3, 0.4) is 0 Å². The van der Waals surface area contributed by atoms with Crippen LogP contribution >= 0.6 is 0 Å². The van der Waals surface area contributed by atoms with E-state index in [1.165, 1.54) is 40.8 Å². The number of carbonyl (C=O) groups is 1. The van der Waals surface area contributed by atoms with E-state index in [2.05, 4.69) is 53.7 Å². The molecule has 4 nitrogen and oxygen atoms in total. The van der Waals surface area contributed by atoms with E-state index < -0.39 is 0 Å². The molecule has 3 aromatic rings. The van der Waals surface area contributed by atoms with Crippen molar-refractivity contribution in [1.29, 1.82) is 0 Å². The molecule has 3 rings (SSSR count). The standard InChI is InChI=1S/C21H22FN3O/c1-3-15-13-17-5-4-14(2)12-19(17)25-20(15)23-10-11-24-21(26)16-6-8-18(22)9-7-16/h4-9,12-13H,3,10-11H2,1-2H3,(H,23,25)(H,24,26)/p+1. The number of hydrogen-bond acceptors (Lipinski definition) is 2. The molecular weight excluding hydrogens is 329 g/mol. The summed E-state index contributed by atoms with van der Waals surface area (Å²) in [6.45, 7) is 5.25. The third-order valence-corrected chi connectivity index (χ3v) is 4.32. The second-order valence-corrected chi connectivity index (χ2v) is 6.30. The number of anilines is 1. The third kappa shape index (κ3) is 4.17.